The van der Waals surface area contributed by atoms with Crippen molar-refractivity contribution in [2.24, 2.45) is 5.10 Å². The van der Waals surface area contributed by atoms with Gasteiger partial charge in [-0.25, -0.2) is 4.98 Å². The first-order chi connectivity index (χ1) is 13.5. The largest absolute Gasteiger partial charge is 0.493 e. The number of ether oxygens (including phenoxy) is 3. The van der Waals surface area contributed by atoms with Crippen LogP contribution >= 0.6 is 11.3 Å². The van der Waals surface area contributed by atoms with Crippen LogP contribution in [0.1, 0.15) is 32.0 Å². The third-order valence-electron chi connectivity index (χ3n) is 3.47. The van der Waals surface area contributed by atoms with Crippen LogP contribution in [-0.2, 0) is 16.0 Å². The smallest absolute Gasteiger partial charge is 0.311 e. The normalized spacial score (nSPS) is 10.6. The maximum Gasteiger partial charge on any atom is 0.311 e. The summed E-state index contributed by atoms with van der Waals surface area (Å²) in [6.07, 6.45) is 3.82. The zero-order valence-electron chi connectivity index (χ0n) is 16.5. The lowest BCUT2D eigenvalue weighted by Gasteiger charge is -2.10. The quantitative estimate of drug-likeness (QED) is 0.279. The molecular weight excluding hydrogens is 378 g/mol. The molecule has 1 heterocycles. The van der Waals surface area contributed by atoms with Gasteiger partial charge < -0.3 is 14.2 Å². The molecule has 0 unspecified atom stereocenters. The molecule has 0 fully saturated rings. The van der Waals surface area contributed by atoms with Gasteiger partial charge in [0.2, 0.25) is 5.13 Å². The molecule has 1 N–H and O–H groups in total. The summed E-state index contributed by atoms with van der Waals surface area (Å²) < 4.78 is 16.0. The van der Waals surface area contributed by atoms with Crippen LogP contribution in [0.3, 0.4) is 0 Å². The molecule has 0 aliphatic rings. The van der Waals surface area contributed by atoms with E-state index < -0.39 is 0 Å². The van der Waals surface area contributed by atoms with Crippen LogP contribution in [-0.4, -0.2) is 37.5 Å². The van der Waals surface area contributed by atoms with Crippen LogP contribution in [0.2, 0.25) is 0 Å². The molecule has 2 rings (SSSR count). The molecule has 0 saturated carbocycles. The number of hydrazone groups is 1. The van der Waals surface area contributed by atoms with Gasteiger partial charge >= 0.3 is 5.97 Å². The Morgan fingerprint density at radius 2 is 2.14 bits per heavy atom. The minimum absolute atomic E-state index is 0.154. The second-order valence-electron chi connectivity index (χ2n) is 6.00. The van der Waals surface area contributed by atoms with Gasteiger partial charge in [0.25, 0.3) is 0 Å². The summed E-state index contributed by atoms with van der Waals surface area (Å²) in [6.45, 7) is 6.68. The van der Waals surface area contributed by atoms with E-state index in [4.69, 9.17) is 14.2 Å². The van der Waals surface area contributed by atoms with Gasteiger partial charge in [-0.1, -0.05) is 5.57 Å². The van der Waals surface area contributed by atoms with Crippen molar-refractivity contribution in [3.8, 4) is 11.5 Å². The van der Waals surface area contributed by atoms with Crippen LogP contribution in [0.15, 0.2) is 40.3 Å². The summed E-state index contributed by atoms with van der Waals surface area (Å²) in [5.74, 6) is 1.02. The molecule has 0 saturated heterocycles. The minimum atomic E-state index is -0.290. The Hall–Kier alpha value is -2.87. The molecule has 28 heavy (non-hydrogen) atoms. The van der Waals surface area contributed by atoms with E-state index in [9.17, 15) is 4.79 Å². The zero-order chi connectivity index (χ0) is 20.4. The lowest BCUT2D eigenvalue weighted by atomic mass is 10.2. The van der Waals surface area contributed by atoms with Gasteiger partial charge in [0.05, 0.1) is 32.0 Å². The molecule has 0 spiro atoms. The van der Waals surface area contributed by atoms with Crippen LogP contribution < -0.4 is 14.9 Å². The first kappa shape index (κ1) is 21.4. The molecule has 1 aromatic heterocycles. The van der Waals surface area contributed by atoms with Crippen molar-refractivity contribution in [3.63, 3.8) is 0 Å². The number of thiazole rings is 1. The van der Waals surface area contributed by atoms with Gasteiger partial charge in [0.15, 0.2) is 11.5 Å². The Balaban J connectivity index is 1.94. The number of aromatic nitrogens is 1. The summed E-state index contributed by atoms with van der Waals surface area (Å²) >= 11 is 1.37. The molecule has 7 nitrogen and oxygen atoms in total. The minimum Gasteiger partial charge on any atom is -0.493 e. The van der Waals surface area contributed by atoms with E-state index in [1.807, 2.05) is 38.1 Å². The Bertz CT molecular complexity index is 842. The van der Waals surface area contributed by atoms with Crippen molar-refractivity contribution in [2.75, 3.05) is 25.7 Å². The molecule has 1 aromatic carbocycles. The number of hydrogen-bond donors (Lipinski definition) is 1. The average molecular weight is 404 g/mol. The number of nitrogens with one attached hydrogen (secondary N) is 1. The number of anilines is 1. The molecule has 0 amide bonds. The van der Waals surface area contributed by atoms with Crippen molar-refractivity contribution in [1.29, 1.82) is 0 Å². The third kappa shape index (κ3) is 7.03. The molecule has 0 atom stereocenters. The number of esters is 1. The van der Waals surface area contributed by atoms with Crippen LogP contribution in [0, 0.1) is 0 Å². The molecule has 0 aliphatic heterocycles. The summed E-state index contributed by atoms with van der Waals surface area (Å²) in [4.78, 5) is 15.8. The molecule has 0 aliphatic carbocycles. The van der Waals surface area contributed by atoms with Gasteiger partial charge in [-0.2, -0.15) is 5.10 Å². The van der Waals surface area contributed by atoms with Gasteiger partial charge in [0, 0.05) is 5.38 Å². The molecule has 0 radical (unpaired) electrons. The van der Waals surface area contributed by atoms with Crippen LogP contribution in [0.4, 0.5) is 5.13 Å². The molecule has 150 valence electrons. The van der Waals surface area contributed by atoms with Crippen molar-refractivity contribution in [3.05, 3.63) is 46.5 Å². The number of carbonyl (C=O) groups is 1. The number of carbonyl (C=O) groups excluding carboxylic acids is 1. The predicted molar refractivity (Wildman–Crippen MR) is 112 cm³/mol. The van der Waals surface area contributed by atoms with Gasteiger partial charge in [-0.05, 0) is 50.6 Å². The first-order valence-corrected chi connectivity index (χ1v) is 9.73. The van der Waals surface area contributed by atoms with E-state index >= 15 is 0 Å². The Morgan fingerprint density at radius 3 is 2.86 bits per heavy atom. The monoisotopic (exact) mass is 403 g/mol. The van der Waals surface area contributed by atoms with E-state index in [0.717, 1.165) is 5.56 Å². The molecule has 2 aromatic rings. The number of methoxy groups -OCH3 is 1. The molecular formula is C20H25N3O4S. The lowest BCUT2D eigenvalue weighted by molar-refractivity contribution is -0.142. The number of benzene rings is 1. The fraction of sp³-hybridized carbons (Fsp3) is 0.350. The zero-order valence-corrected chi connectivity index (χ0v) is 17.3. The standard InChI is InChI=1S/C20H25N3O4S/c1-5-26-19(24)11-16-13-28-20(22-16)23-21-12-15-6-7-17(18(10-15)25-4)27-9-8-14(2)3/h6-8,10,12-13H,5,9,11H2,1-4H3,(H,22,23). The highest BCUT2D eigenvalue weighted by atomic mass is 32.1. The maximum absolute atomic E-state index is 11.5. The SMILES string of the molecule is CCOC(=O)Cc1csc(NN=Cc2ccc(OCC=C(C)C)c(OC)c2)n1. The second kappa shape index (κ2) is 11.1. The lowest BCUT2D eigenvalue weighted by Crippen LogP contribution is -2.07. The van der Waals surface area contributed by atoms with Crippen molar-refractivity contribution in [1.82, 2.24) is 4.98 Å². The van der Waals surface area contributed by atoms with Crippen LogP contribution in [0.25, 0.3) is 0 Å². The van der Waals surface area contributed by atoms with Crippen molar-refractivity contribution < 1.29 is 19.0 Å². The number of rotatable bonds is 10. The average Bonchev–Trinajstić information content (AvgIpc) is 3.09. The summed E-state index contributed by atoms with van der Waals surface area (Å²) in [6, 6.07) is 5.58. The Labute approximate surface area is 169 Å². The highest BCUT2D eigenvalue weighted by Crippen LogP contribution is 2.27. The molecule has 0 bridgehead atoms. The third-order valence-corrected chi connectivity index (χ3v) is 4.27. The van der Waals surface area contributed by atoms with Gasteiger partial charge in [-0.3, -0.25) is 10.2 Å². The summed E-state index contributed by atoms with van der Waals surface area (Å²) in [7, 11) is 1.60. The maximum atomic E-state index is 11.5. The topological polar surface area (TPSA) is 82.0 Å². The van der Waals surface area contributed by atoms with E-state index in [2.05, 4.69) is 15.5 Å². The molecule has 8 heteroatoms. The van der Waals surface area contributed by atoms with Crippen LogP contribution in [0.5, 0.6) is 11.5 Å². The van der Waals surface area contributed by atoms with E-state index in [1.54, 1.807) is 25.6 Å². The van der Waals surface area contributed by atoms with Gasteiger partial charge in [0.1, 0.15) is 6.61 Å². The van der Waals surface area contributed by atoms with Crippen molar-refractivity contribution in [2.45, 2.75) is 27.2 Å². The van der Waals surface area contributed by atoms with Gasteiger partial charge in [-0.15, -0.1) is 11.3 Å². The van der Waals surface area contributed by atoms with E-state index in [-0.39, 0.29) is 12.4 Å². The van der Waals surface area contributed by atoms with E-state index in [1.165, 1.54) is 16.9 Å². The van der Waals surface area contributed by atoms with E-state index in [0.29, 0.717) is 35.5 Å². The fourth-order valence-corrected chi connectivity index (χ4v) is 2.80. The van der Waals surface area contributed by atoms with Crippen molar-refractivity contribution >= 4 is 28.7 Å². The second-order valence-corrected chi connectivity index (χ2v) is 6.86. The summed E-state index contributed by atoms with van der Waals surface area (Å²) in [5, 5.41) is 6.59. The number of nitrogens with zero attached hydrogens (tertiary/aromatic N) is 2. The first-order valence-electron chi connectivity index (χ1n) is 8.85. The number of allylic oxidation sites excluding steroid dienone is 1. The highest BCUT2D eigenvalue weighted by Gasteiger charge is 2.08. The fourth-order valence-electron chi connectivity index (χ4n) is 2.14. The highest BCUT2D eigenvalue weighted by molar-refractivity contribution is 7.13. The Kier molecular flexibility index (Phi) is 8.48. The predicted octanol–water partition coefficient (Wildman–Crippen LogP) is 4.05. The summed E-state index contributed by atoms with van der Waals surface area (Å²) in [5.41, 5.74) is 5.56. The number of hydrogen-bond acceptors (Lipinski definition) is 8. The Morgan fingerprint density at radius 1 is 1.32 bits per heavy atom.